The molecule has 120 valence electrons. The van der Waals surface area contributed by atoms with Crippen LogP contribution in [0.5, 0.6) is 5.75 Å². The van der Waals surface area contributed by atoms with Crippen LogP contribution in [-0.4, -0.2) is 32.2 Å². The molecule has 24 heavy (non-hydrogen) atoms. The number of para-hydroxylation sites is 1. The van der Waals surface area contributed by atoms with Crippen LogP contribution < -0.4 is 4.74 Å². The molecule has 0 aliphatic carbocycles. The molecule has 7 nitrogen and oxygen atoms in total. The molecule has 3 aromatic rings. The predicted octanol–water partition coefficient (Wildman–Crippen LogP) is 2.44. The first-order valence-electron chi connectivity index (χ1n) is 7.15. The number of hydrogen-bond donors (Lipinski definition) is 1. The van der Waals surface area contributed by atoms with Gasteiger partial charge in [0.2, 0.25) is 0 Å². The molecular weight excluding hydrogens is 308 g/mol. The van der Waals surface area contributed by atoms with Gasteiger partial charge in [0.25, 0.3) is 0 Å². The Morgan fingerprint density at radius 1 is 1.12 bits per heavy atom. The molecule has 0 aliphatic heterocycles. The van der Waals surface area contributed by atoms with Gasteiger partial charge in [-0.2, -0.15) is 5.10 Å². The maximum absolute atomic E-state index is 10.8. The Morgan fingerprint density at radius 2 is 1.83 bits per heavy atom. The summed E-state index contributed by atoms with van der Waals surface area (Å²) in [5, 5.41) is 20.5. The van der Waals surface area contributed by atoms with Crippen molar-refractivity contribution in [3.8, 4) is 5.75 Å². The fourth-order valence-corrected chi connectivity index (χ4v) is 2.01. The van der Waals surface area contributed by atoms with E-state index in [0.29, 0.717) is 12.4 Å². The van der Waals surface area contributed by atoms with Crippen molar-refractivity contribution in [1.82, 2.24) is 14.9 Å². The Morgan fingerprint density at radius 3 is 2.54 bits per heavy atom. The highest BCUT2D eigenvalue weighted by Gasteiger charge is 2.04. The molecule has 0 radical (unpaired) electrons. The smallest absolute Gasteiger partial charge is 0.335 e. The van der Waals surface area contributed by atoms with Crippen LogP contribution in [0.4, 0.5) is 0 Å². The molecule has 1 N–H and O–H groups in total. The molecule has 0 unspecified atom stereocenters. The van der Waals surface area contributed by atoms with E-state index in [-0.39, 0.29) is 5.56 Å². The van der Waals surface area contributed by atoms with Crippen LogP contribution in [0.1, 0.15) is 21.5 Å². The maximum Gasteiger partial charge on any atom is 0.335 e. The quantitative estimate of drug-likeness (QED) is 0.704. The molecule has 0 saturated heterocycles. The zero-order chi connectivity index (χ0) is 16.8. The Bertz CT molecular complexity index is 843. The second kappa shape index (κ2) is 7.19. The summed E-state index contributed by atoms with van der Waals surface area (Å²) in [6.45, 7) is 0.331. The summed E-state index contributed by atoms with van der Waals surface area (Å²) < 4.78 is 7.30. The molecule has 2 aromatic carbocycles. The lowest BCUT2D eigenvalue weighted by Gasteiger charge is -2.09. The number of aromatic nitrogens is 3. The fraction of sp³-hybridized carbons (Fsp3) is 0.0588. The monoisotopic (exact) mass is 322 g/mol. The van der Waals surface area contributed by atoms with Crippen LogP contribution in [0.15, 0.2) is 66.3 Å². The molecule has 0 bridgehead atoms. The summed E-state index contributed by atoms with van der Waals surface area (Å²) in [6, 6.07) is 14.1. The lowest BCUT2D eigenvalue weighted by atomic mass is 10.1. The van der Waals surface area contributed by atoms with Gasteiger partial charge in [0.05, 0.1) is 11.8 Å². The molecule has 0 saturated carbocycles. The van der Waals surface area contributed by atoms with E-state index in [0.717, 1.165) is 11.1 Å². The lowest BCUT2D eigenvalue weighted by Crippen LogP contribution is -2.00. The molecule has 1 heterocycles. The van der Waals surface area contributed by atoms with Gasteiger partial charge in [-0.15, -0.1) is 10.2 Å². The SMILES string of the molecule is O=C(O)c1ccc(COc2ccccc2/C=N\n2cnnc2)cc1. The highest BCUT2D eigenvalue weighted by molar-refractivity contribution is 5.87. The largest absolute Gasteiger partial charge is 0.488 e. The van der Waals surface area contributed by atoms with E-state index in [9.17, 15) is 4.79 Å². The van der Waals surface area contributed by atoms with E-state index < -0.39 is 5.97 Å². The van der Waals surface area contributed by atoms with Crippen molar-refractivity contribution in [1.29, 1.82) is 0 Å². The van der Waals surface area contributed by atoms with Gasteiger partial charge < -0.3 is 9.84 Å². The van der Waals surface area contributed by atoms with Crippen molar-refractivity contribution in [3.63, 3.8) is 0 Å². The number of hydrogen-bond acceptors (Lipinski definition) is 5. The minimum Gasteiger partial charge on any atom is -0.488 e. The number of carboxylic acid groups (broad SMARTS) is 1. The van der Waals surface area contributed by atoms with E-state index >= 15 is 0 Å². The van der Waals surface area contributed by atoms with Crippen LogP contribution in [0.3, 0.4) is 0 Å². The van der Waals surface area contributed by atoms with Crippen molar-refractivity contribution in [2.45, 2.75) is 6.61 Å². The molecule has 0 spiro atoms. The van der Waals surface area contributed by atoms with Crippen molar-refractivity contribution < 1.29 is 14.6 Å². The van der Waals surface area contributed by atoms with E-state index in [1.165, 1.54) is 17.3 Å². The highest BCUT2D eigenvalue weighted by Crippen LogP contribution is 2.18. The predicted molar refractivity (Wildman–Crippen MR) is 87.2 cm³/mol. The van der Waals surface area contributed by atoms with E-state index in [4.69, 9.17) is 9.84 Å². The first kappa shape index (κ1) is 15.4. The molecule has 7 heteroatoms. The minimum absolute atomic E-state index is 0.250. The molecule has 1 aromatic heterocycles. The molecular formula is C17H14N4O3. The van der Waals surface area contributed by atoms with Crippen molar-refractivity contribution in [2.75, 3.05) is 0 Å². The zero-order valence-corrected chi connectivity index (χ0v) is 12.6. The van der Waals surface area contributed by atoms with Crippen molar-refractivity contribution in [2.24, 2.45) is 5.10 Å². The Labute approximate surface area is 137 Å². The first-order chi connectivity index (χ1) is 11.7. The fourth-order valence-electron chi connectivity index (χ4n) is 2.01. The van der Waals surface area contributed by atoms with Crippen molar-refractivity contribution >= 4 is 12.2 Å². The summed E-state index contributed by atoms with van der Waals surface area (Å²) in [4.78, 5) is 10.8. The number of benzene rings is 2. The third-order valence-corrected chi connectivity index (χ3v) is 3.25. The number of carbonyl (C=O) groups is 1. The van der Waals surface area contributed by atoms with Gasteiger partial charge in [-0.1, -0.05) is 24.3 Å². The molecule has 3 rings (SSSR count). The number of carboxylic acids is 1. The highest BCUT2D eigenvalue weighted by atomic mass is 16.5. The van der Waals surface area contributed by atoms with Crippen LogP contribution in [0.25, 0.3) is 0 Å². The Kier molecular flexibility index (Phi) is 4.62. The maximum atomic E-state index is 10.8. The third kappa shape index (κ3) is 3.83. The minimum atomic E-state index is -0.946. The van der Waals surface area contributed by atoms with Gasteiger partial charge in [-0.3, -0.25) is 0 Å². The van der Waals surface area contributed by atoms with E-state index in [1.54, 1.807) is 30.5 Å². The summed E-state index contributed by atoms with van der Waals surface area (Å²) in [5.74, 6) is -0.269. The summed E-state index contributed by atoms with van der Waals surface area (Å²) in [7, 11) is 0. The number of ether oxygens (including phenoxy) is 1. The summed E-state index contributed by atoms with van der Waals surface area (Å²) >= 11 is 0. The van der Waals surface area contributed by atoms with Gasteiger partial charge in [0.1, 0.15) is 25.0 Å². The van der Waals surface area contributed by atoms with Crippen LogP contribution in [-0.2, 0) is 6.61 Å². The topological polar surface area (TPSA) is 89.6 Å². The normalized spacial score (nSPS) is 10.8. The molecule has 0 fully saturated rings. The van der Waals surface area contributed by atoms with Crippen LogP contribution in [0, 0.1) is 0 Å². The van der Waals surface area contributed by atoms with E-state index in [2.05, 4.69) is 15.3 Å². The second-order valence-electron chi connectivity index (χ2n) is 4.92. The standard InChI is InChI=1S/C17H14N4O3/c22-17(23)14-7-5-13(6-8-14)10-24-16-4-2-1-3-15(16)9-20-21-11-18-19-12-21/h1-9,11-12H,10H2,(H,22,23)/b20-9-. The second-order valence-corrected chi connectivity index (χ2v) is 4.92. The lowest BCUT2D eigenvalue weighted by molar-refractivity contribution is 0.0697. The van der Waals surface area contributed by atoms with Gasteiger partial charge in [0, 0.05) is 5.56 Å². The molecule has 0 amide bonds. The summed E-state index contributed by atoms with van der Waals surface area (Å²) in [5.41, 5.74) is 1.94. The van der Waals surface area contributed by atoms with Crippen LogP contribution >= 0.6 is 0 Å². The zero-order valence-electron chi connectivity index (χ0n) is 12.6. The van der Waals surface area contributed by atoms with E-state index in [1.807, 2.05) is 24.3 Å². The van der Waals surface area contributed by atoms with Gasteiger partial charge in [-0.05, 0) is 29.8 Å². The van der Waals surface area contributed by atoms with Gasteiger partial charge in [0.15, 0.2) is 0 Å². The number of nitrogens with zero attached hydrogens (tertiary/aromatic N) is 4. The van der Waals surface area contributed by atoms with Crippen molar-refractivity contribution in [3.05, 3.63) is 77.9 Å². The van der Waals surface area contributed by atoms with Crippen LogP contribution in [0.2, 0.25) is 0 Å². The Balaban J connectivity index is 1.70. The molecule has 0 atom stereocenters. The average molecular weight is 322 g/mol. The number of aromatic carboxylic acids is 1. The number of rotatable bonds is 6. The van der Waals surface area contributed by atoms with Gasteiger partial charge in [-0.25, -0.2) is 9.47 Å². The van der Waals surface area contributed by atoms with Gasteiger partial charge >= 0.3 is 5.97 Å². The first-order valence-corrected chi connectivity index (χ1v) is 7.15. The third-order valence-electron chi connectivity index (χ3n) is 3.25. The molecule has 0 aliphatic rings. The Hall–Kier alpha value is -3.48. The summed E-state index contributed by atoms with van der Waals surface area (Å²) in [6.07, 6.45) is 4.64. The average Bonchev–Trinajstić information content (AvgIpc) is 3.12.